The molecule has 0 unspecified atom stereocenters. The zero-order valence-electron chi connectivity index (χ0n) is 16.2. The number of halogens is 2. The van der Waals surface area contributed by atoms with Gasteiger partial charge in [0.1, 0.15) is 5.82 Å². The summed E-state index contributed by atoms with van der Waals surface area (Å²) < 4.78 is 33.6. The first kappa shape index (κ1) is 19.5. The molecule has 5 nitrogen and oxygen atoms in total. The SMILES string of the molecule is COc1ccc(CN(C)C(=O)c2c(C)nn(-c3ccc(F)cc3)c2C)cc1F. The van der Waals surface area contributed by atoms with Gasteiger partial charge in [0.15, 0.2) is 11.6 Å². The smallest absolute Gasteiger partial charge is 0.257 e. The summed E-state index contributed by atoms with van der Waals surface area (Å²) in [6.07, 6.45) is 0. The molecule has 3 aromatic rings. The van der Waals surface area contributed by atoms with E-state index in [0.717, 1.165) is 0 Å². The van der Waals surface area contributed by atoms with Gasteiger partial charge in [0.25, 0.3) is 5.91 Å². The lowest BCUT2D eigenvalue weighted by molar-refractivity contribution is 0.0783. The Morgan fingerprint density at radius 3 is 2.43 bits per heavy atom. The van der Waals surface area contributed by atoms with Gasteiger partial charge in [-0.1, -0.05) is 6.07 Å². The number of methoxy groups -OCH3 is 1. The molecule has 28 heavy (non-hydrogen) atoms. The number of aryl methyl sites for hydroxylation is 1. The Hall–Kier alpha value is -3.22. The second-order valence-corrected chi connectivity index (χ2v) is 6.56. The summed E-state index contributed by atoms with van der Waals surface area (Å²) in [6, 6.07) is 10.5. The second-order valence-electron chi connectivity index (χ2n) is 6.56. The molecule has 1 aromatic heterocycles. The first-order valence-electron chi connectivity index (χ1n) is 8.72. The van der Waals surface area contributed by atoms with Crippen LogP contribution in [-0.2, 0) is 6.54 Å². The molecular weight excluding hydrogens is 364 g/mol. The number of ether oxygens (including phenoxy) is 1. The standard InChI is InChI=1S/C21H21F2N3O2/c1-13-20(14(2)26(24-13)17-8-6-16(22)7-9-17)21(27)25(3)12-15-5-10-19(28-4)18(23)11-15/h5-11H,12H2,1-4H3. The van der Waals surface area contributed by atoms with Crippen LogP contribution in [0.1, 0.15) is 27.3 Å². The number of hydrogen-bond acceptors (Lipinski definition) is 3. The summed E-state index contributed by atoms with van der Waals surface area (Å²) in [5.41, 5.74) is 3.01. The maximum atomic E-state index is 13.9. The predicted octanol–water partition coefficient (Wildman–Crippen LogP) is 4.05. The van der Waals surface area contributed by atoms with Gasteiger partial charge in [-0.25, -0.2) is 13.5 Å². The van der Waals surface area contributed by atoms with E-state index in [1.54, 1.807) is 43.8 Å². The molecule has 0 aliphatic rings. The van der Waals surface area contributed by atoms with Crippen molar-refractivity contribution >= 4 is 5.91 Å². The zero-order chi connectivity index (χ0) is 20.4. The first-order chi connectivity index (χ1) is 13.3. The van der Waals surface area contributed by atoms with Crippen LogP contribution in [-0.4, -0.2) is 34.7 Å². The highest BCUT2D eigenvalue weighted by atomic mass is 19.1. The van der Waals surface area contributed by atoms with Crippen LogP contribution in [0.4, 0.5) is 8.78 Å². The topological polar surface area (TPSA) is 47.4 Å². The Kier molecular flexibility index (Phi) is 5.44. The molecule has 1 heterocycles. The van der Waals surface area contributed by atoms with Gasteiger partial charge in [0.05, 0.1) is 29.7 Å². The number of nitrogens with zero attached hydrogens (tertiary/aromatic N) is 3. The molecule has 146 valence electrons. The van der Waals surface area contributed by atoms with Crippen molar-refractivity contribution in [2.75, 3.05) is 14.2 Å². The van der Waals surface area contributed by atoms with Crippen LogP contribution in [0.25, 0.3) is 5.69 Å². The molecule has 0 N–H and O–H groups in total. The van der Waals surface area contributed by atoms with Gasteiger partial charge in [-0.05, 0) is 55.8 Å². The molecule has 0 saturated heterocycles. The van der Waals surface area contributed by atoms with Crippen molar-refractivity contribution < 1.29 is 18.3 Å². The van der Waals surface area contributed by atoms with Gasteiger partial charge in [-0.15, -0.1) is 0 Å². The van der Waals surface area contributed by atoms with Crippen molar-refractivity contribution in [3.05, 3.63) is 76.6 Å². The maximum absolute atomic E-state index is 13.9. The number of rotatable bonds is 5. The quantitative estimate of drug-likeness (QED) is 0.666. The molecule has 0 fully saturated rings. The van der Waals surface area contributed by atoms with E-state index < -0.39 is 5.82 Å². The Balaban J connectivity index is 1.85. The number of hydrogen-bond donors (Lipinski definition) is 0. The van der Waals surface area contributed by atoms with Gasteiger partial charge >= 0.3 is 0 Å². The minimum Gasteiger partial charge on any atom is -0.494 e. The summed E-state index contributed by atoms with van der Waals surface area (Å²) >= 11 is 0. The van der Waals surface area contributed by atoms with Crippen molar-refractivity contribution in [1.82, 2.24) is 14.7 Å². The largest absolute Gasteiger partial charge is 0.494 e. The zero-order valence-corrected chi connectivity index (χ0v) is 16.2. The van der Waals surface area contributed by atoms with Crippen LogP contribution < -0.4 is 4.74 Å². The van der Waals surface area contributed by atoms with E-state index in [0.29, 0.717) is 28.2 Å². The molecule has 0 aliphatic carbocycles. The minimum absolute atomic E-state index is 0.157. The van der Waals surface area contributed by atoms with Crippen LogP contribution in [0.5, 0.6) is 5.75 Å². The third-order valence-electron chi connectivity index (χ3n) is 4.56. The van der Waals surface area contributed by atoms with E-state index in [4.69, 9.17) is 4.74 Å². The Bertz CT molecular complexity index is 1010. The lowest BCUT2D eigenvalue weighted by Crippen LogP contribution is -2.27. The summed E-state index contributed by atoms with van der Waals surface area (Å²) in [6.45, 7) is 3.78. The fraction of sp³-hybridized carbons (Fsp3) is 0.238. The molecule has 0 radical (unpaired) electrons. The number of carbonyl (C=O) groups excluding carboxylic acids is 1. The minimum atomic E-state index is -0.475. The normalized spacial score (nSPS) is 10.8. The van der Waals surface area contributed by atoms with Crippen molar-refractivity contribution in [3.8, 4) is 11.4 Å². The fourth-order valence-corrected chi connectivity index (χ4v) is 3.13. The molecule has 0 atom stereocenters. The van der Waals surface area contributed by atoms with E-state index >= 15 is 0 Å². The fourth-order valence-electron chi connectivity index (χ4n) is 3.13. The lowest BCUT2D eigenvalue weighted by Gasteiger charge is -2.18. The van der Waals surface area contributed by atoms with E-state index in [9.17, 15) is 13.6 Å². The van der Waals surface area contributed by atoms with Gasteiger partial charge < -0.3 is 9.64 Å². The van der Waals surface area contributed by atoms with E-state index in [2.05, 4.69) is 5.10 Å². The molecule has 0 spiro atoms. The molecule has 0 bridgehead atoms. The third kappa shape index (κ3) is 3.74. The van der Waals surface area contributed by atoms with Gasteiger partial charge in [0, 0.05) is 13.6 Å². The van der Waals surface area contributed by atoms with Crippen LogP contribution in [0.2, 0.25) is 0 Å². The summed E-state index contributed by atoms with van der Waals surface area (Å²) in [5.74, 6) is -0.880. The van der Waals surface area contributed by atoms with Gasteiger partial charge in [0.2, 0.25) is 0 Å². The maximum Gasteiger partial charge on any atom is 0.257 e. The third-order valence-corrected chi connectivity index (χ3v) is 4.56. The van der Waals surface area contributed by atoms with Crippen molar-refractivity contribution in [2.24, 2.45) is 0 Å². The van der Waals surface area contributed by atoms with Crippen molar-refractivity contribution in [3.63, 3.8) is 0 Å². The molecular formula is C21H21F2N3O2. The number of amides is 1. The number of carbonyl (C=O) groups is 1. The molecule has 3 rings (SSSR count). The summed E-state index contributed by atoms with van der Waals surface area (Å²) in [7, 11) is 3.05. The van der Waals surface area contributed by atoms with Crippen LogP contribution in [0.15, 0.2) is 42.5 Å². The highest BCUT2D eigenvalue weighted by molar-refractivity contribution is 5.96. The average molecular weight is 385 g/mol. The summed E-state index contributed by atoms with van der Waals surface area (Å²) in [4.78, 5) is 14.5. The first-order valence-corrected chi connectivity index (χ1v) is 8.72. The monoisotopic (exact) mass is 385 g/mol. The molecule has 0 saturated carbocycles. The van der Waals surface area contributed by atoms with E-state index in [-0.39, 0.29) is 24.0 Å². The number of aromatic nitrogens is 2. The van der Waals surface area contributed by atoms with Crippen molar-refractivity contribution in [1.29, 1.82) is 0 Å². The Morgan fingerprint density at radius 2 is 1.82 bits per heavy atom. The van der Waals surface area contributed by atoms with Gasteiger partial charge in [-0.3, -0.25) is 4.79 Å². The Labute approximate surface area is 162 Å². The Morgan fingerprint density at radius 1 is 1.14 bits per heavy atom. The lowest BCUT2D eigenvalue weighted by atomic mass is 10.1. The average Bonchev–Trinajstić information content (AvgIpc) is 2.96. The van der Waals surface area contributed by atoms with Crippen LogP contribution in [0, 0.1) is 25.5 Å². The molecule has 2 aromatic carbocycles. The number of benzene rings is 2. The van der Waals surface area contributed by atoms with Crippen molar-refractivity contribution in [2.45, 2.75) is 20.4 Å². The van der Waals surface area contributed by atoms with E-state index in [1.807, 2.05) is 0 Å². The van der Waals surface area contributed by atoms with Crippen LogP contribution in [0.3, 0.4) is 0 Å². The van der Waals surface area contributed by atoms with E-state index in [1.165, 1.54) is 36.3 Å². The second kappa shape index (κ2) is 7.80. The molecule has 1 amide bonds. The molecule has 7 heteroatoms. The molecule has 0 aliphatic heterocycles. The highest BCUT2D eigenvalue weighted by Gasteiger charge is 2.22. The van der Waals surface area contributed by atoms with Gasteiger partial charge in [-0.2, -0.15) is 5.10 Å². The predicted molar refractivity (Wildman–Crippen MR) is 102 cm³/mol. The van der Waals surface area contributed by atoms with Crippen LogP contribution >= 0.6 is 0 Å². The summed E-state index contributed by atoms with van der Waals surface area (Å²) in [5, 5.41) is 4.43. The highest BCUT2D eigenvalue weighted by Crippen LogP contribution is 2.22.